The number of hydrogen-bond acceptors (Lipinski definition) is 2. The fourth-order valence-electron chi connectivity index (χ4n) is 1.55. The van der Waals surface area contributed by atoms with Gasteiger partial charge in [0.25, 0.3) is 0 Å². The summed E-state index contributed by atoms with van der Waals surface area (Å²) in [4.78, 5) is 0. The van der Waals surface area contributed by atoms with Gasteiger partial charge in [0.1, 0.15) is 0 Å². The second kappa shape index (κ2) is 9.46. The van der Waals surface area contributed by atoms with Crippen molar-refractivity contribution in [3.05, 3.63) is 35.4 Å². The second-order valence-electron chi connectivity index (χ2n) is 4.38. The Morgan fingerprint density at radius 3 is 2.59 bits per heavy atom. The lowest BCUT2D eigenvalue weighted by molar-refractivity contribution is 0.0770. The predicted octanol–water partition coefficient (Wildman–Crippen LogP) is 3.32. The Balaban J connectivity index is 0.00000256. The molecule has 0 radical (unpaired) electrons. The lowest BCUT2D eigenvalue weighted by Crippen LogP contribution is -2.17. The summed E-state index contributed by atoms with van der Waals surface area (Å²) in [6.45, 7) is 9.11. The zero-order valence-corrected chi connectivity index (χ0v) is 11.8. The van der Waals surface area contributed by atoms with Gasteiger partial charge in [-0.25, -0.2) is 0 Å². The number of benzene rings is 1. The summed E-state index contributed by atoms with van der Waals surface area (Å²) in [7, 11) is 0. The Morgan fingerprint density at radius 1 is 1.24 bits per heavy atom. The quantitative estimate of drug-likeness (QED) is 0.757. The summed E-state index contributed by atoms with van der Waals surface area (Å²) in [6, 6.07) is 8.49. The molecule has 0 bridgehead atoms. The van der Waals surface area contributed by atoms with E-state index in [1.54, 1.807) is 0 Å². The van der Waals surface area contributed by atoms with Crippen LogP contribution in [0.2, 0.25) is 0 Å². The largest absolute Gasteiger partial charge is 0.379 e. The lowest BCUT2D eigenvalue weighted by atomic mass is 10.1. The summed E-state index contributed by atoms with van der Waals surface area (Å²) in [5.41, 5.74) is 2.74. The number of rotatable bonds is 7. The maximum atomic E-state index is 5.48. The van der Waals surface area contributed by atoms with Crippen molar-refractivity contribution in [2.45, 2.75) is 39.8 Å². The molecule has 98 valence electrons. The number of halogens is 1. The molecule has 1 rings (SSSR count). The fraction of sp³-hybridized carbons (Fsp3) is 0.571. The van der Waals surface area contributed by atoms with E-state index in [0.29, 0.717) is 6.10 Å². The van der Waals surface area contributed by atoms with E-state index in [1.165, 1.54) is 11.1 Å². The van der Waals surface area contributed by atoms with Crippen molar-refractivity contribution < 1.29 is 4.74 Å². The van der Waals surface area contributed by atoms with E-state index in [9.17, 15) is 0 Å². The van der Waals surface area contributed by atoms with Gasteiger partial charge in [-0.2, -0.15) is 0 Å². The van der Waals surface area contributed by atoms with Gasteiger partial charge in [0, 0.05) is 13.2 Å². The molecule has 1 aromatic carbocycles. The maximum absolute atomic E-state index is 5.48. The summed E-state index contributed by atoms with van der Waals surface area (Å²) in [5.74, 6) is 0. The summed E-state index contributed by atoms with van der Waals surface area (Å²) < 4.78 is 5.48. The molecule has 0 unspecified atom stereocenters. The van der Waals surface area contributed by atoms with E-state index in [1.807, 2.05) is 0 Å². The Kier molecular flexibility index (Phi) is 9.14. The molecule has 17 heavy (non-hydrogen) atoms. The molecule has 0 amide bonds. The third-order valence-corrected chi connectivity index (χ3v) is 2.53. The van der Waals surface area contributed by atoms with Crippen LogP contribution in [-0.2, 0) is 11.3 Å². The van der Waals surface area contributed by atoms with E-state index in [0.717, 1.165) is 26.1 Å². The molecule has 3 heteroatoms. The van der Waals surface area contributed by atoms with E-state index in [2.05, 4.69) is 50.4 Å². The standard InChI is InChI=1S/C14H23NO.ClH/c1-12(2)16-10-6-9-15-11-14-8-5-4-7-13(14)3;/h4-5,7-8,12,15H,6,9-11H2,1-3H3;1H. The van der Waals surface area contributed by atoms with Crippen LogP contribution in [0.1, 0.15) is 31.4 Å². The minimum Gasteiger partial charge on any atom is -0.379 e. The van der Waals surface area contributed by atoms with Gasteiger partial charge >= 0.3 is 0 Å². The normalized spacial score (nSPS) is 10.4. The topological polar surface area (TPSA) is 21.3 Å². The van der Waals surface area contributed by atoms with Gasteiger partial charge in [-0.1, -0.05) is 24.3 Å². The highest BCUT2D eigenvalue weighted by molar-refractivity contribution is 5.85. The number of ether oxygens (including phenoxy) is 1. The van der Waals surface area contributed by atoms with Crippen molar-refractivity contribution in [1.29, 1.82) is 0 Å². The van der Waals surface area contributed by atoms with E-state index < -0.39 is 0 Å². The Bertz CT molecular complexity index is 302. The highest BCUT2D eigenvalue weighted by atomic mass is 35.5. The minimum absolute atomic E-state index is 0. The first-order valence-corrected chi connectivity index (χ1v) is 6.07. The molecular formula is C14H24ClNO. The zero-order chi connectivity index (χ0) is 11.8. The average molecular weight is 258 g/mol. The molecule has 0 aromatic heterocycles. The second-order valence-corrected chi connectivity index (χ2v) is 4.38. The molecule has 0 fully saturated rings. The van der Waals surface area contributed by atoms with Gasteiger partial charge in [-0.15, -0.1) is 12.4 Å². The average Bonchev–Trinajstić information content (AvgIpc) is 2.25. The predicted molar refractivity (Wildman–Crippen MR) is 75.8 cm³/mol. The SMILES string of the molecule is Cc1ccccc1CNCCCOC(C)C.Cl. The Hall–Kier alpha value is -0.570. The van der Waals surface area contributed by atoms with Crippen LogP contribution in [0, 0.1) is 6.92 Å². The number of aryl methyl sites for hydroxylation is 1. The van der Waals surface area contributed by atoms with E-state index in [-0.39, 0.29) is 12.4 Å². The van der Waals surface area contributed by atoms with Crippen molar-refractivity contribution in [3.63, 3.8) is 0 Å². The summed E-state index contributed by atoms with van der Waals surface area (Å²) in [5, 5.41) is 3.44. The highest BCUT2D eigenvalue weighted by Gasteiger charge is 1.96. The summed E-state index contributed by atoms with van der Waals surface area (Å²) >= 11 is 0. The third kappa shape index (κ3) is 7.37. The molecule has 1 N–H and O–H groups in total. The van der Waals surface area contributed by atoms with E-state index in [4.69, 9.17) is 4.74 Å². The van der Waals surface area contributed by atoms with Gasteiger partial charge in [-0.05, 0) is 44.9 Å². The number of hydrogen-bond donors (Lipinski definition) is 1. The molecule has 0 saturated heterocycles. The van der Waals surface area contributed by atoms with Crippen LogP contribution in [0.5, 0.6) is 0 Å². The monoisotopic (exact) mass is 257 g/mol. The highest BCUT2D eigenvalue weighted by Crippen LogP contribution is 2.05. The Labute approximate surface area is 111 Å². The van der Waals surface area contributed by atoms with Crippen LogP contribution in [0.15, 0.2) is 24.3 Å². The first-order chi connectivity index (χ1) is 7.70. The van der Waals surface area contributed by atoms with Crippen molar-refractivity contribution >= 4 is 12.4 Å². The van der Waals surface area contributed by atoms with Crippen LogP contribution >= 0.6 is 12.4 Å². The van der Waals surface area contributed by atoms with Crippen LogP contribution in [-0.4, -0.2) is 19.3 Å². The van der Waals surface area contributed by atoms with Gasteiger partial charge in [0.2, 0.25) is 0 Å². The molecule has 0 heterocycles. The van der Waals surface area contributed by atoms with Gasteiger partial charge < -0.3 is 10.1 Å². The number of nitrogens with one attached hydrogen (secondary N) is 1. The first-order valence-electron chi connectivity index (χ1n) is 6.07. The van der Waals surface area contributed by atoms with Gasteiger partial charge in [0.15, 0.2) is 0 Å². The molecular weight excluding hydrogens is 234 g/mol. The van der Waals surface area contributed by atoms with Crippen LogP contribution in [0.25, 0.3) is 0 Å². The molecule has 0 aliphatic rings. The molecule has 1 aromatic rings. The molecule has 2 nitrogen and oxygen atoms in total. The molecule has 0 aliphatic carbocycles. The van der Waals surface area contributed by atoms with Crippen molar-refractivity contribution in [1.82, 2.24) is 5.32 Å². The zero-order valence-electron chi connectivity index (χ0n) is 11.0. The van der Waals surface area contributed by atoms with Crippen molar-refractivity contribution in [2.75, 3.05) is 13.2 Å². The van der Waals surface area contributed by atoms with Crippen LogP contribution < -0.4 is 5.32 Å². The molecule has 0 spiro atoms. The molecule has 0 saturated carbocycles. The van der Waals surface area contributed by atoms with Crippen molar-refractivity contribution in [2.24, 2.45) is 0 Å². The maximum Gasteiger partial charge on any atom is 0.0518 e. The third-order valence-electron chi connectivity index (χ3n) is 2.53. The van der Waals surface area contributed by atoms with Gasteiger partial charge in [0.05, 0.1) is 6.10 Å². The summed E-state index contributed by atoms with van der Waals surface area (Å²) in [6.07, 6.45) is 1.42. The minimum atomic E-state index is 0. The first kappa shape index (κ1) is 16.4. The van der Waals surface area contributed by atoms with Crippen LogP contribution in [0.3, 0.4) is 0 Å². The fourth-order valence-corrected chi connectivity index (χ4v) is 1.55. The smallest absolute Gasteiger partial charge is 0.0518 e. The lowest BCUT2D eigenvalue weighted by Gasteiger charge is -2.09. The molecule has 0 aliphatic heterocycles. The van der Waals surface area contributed by atoms with Crippen LogP contribution in [0.4, 0.5) is 0 Å². The van der Waals surface area contributed by atoms with E-state index >= 15 is 0 Å². The molecule has 0 atom stereocenters. The van der Waals surface area contributed by atoms with Gasteiger partial charge in [-0.3, -0.25) is 0 Å². The Morgan fingerprint density at radius 2 is 1.94 bits per heavy atom. The van der Waals surface area contributed by atoms with Crippen molar-refractivity contribution in [3.8, 4) is 0 Å².